The molecule has 6 heteroatoms. The van der Waals surface area contributed by atoms with Crippen LogP contribution in [0.2, 0.25) is 0 Å². The average molecular weight is 318 g/mol. The Kier molecular flexibility index (Phi) is 4.94. The summed E-state index contributed by atoms with van der Waals surface area (Å²) in [5, 5.41) is 0. The van der Waals surface area contributed by atoms with Gasteiger partial charge in [0.1, 0.15) is 10.6 Å². The Morgan fingerprint density at radius 1 is 1.40 bits per heavy atom. The minimum atomic E-state index is -3.54. The van der Waals surface area contributed by atoms with Crippen LogP contribution in [0.3, 0.4) is 0 Å². The van der Waals surface area contributed by atoms with Crippen LogP contribution in [0, 0.1) is 5.92 Å². The highest BCUT2D eigenvalue weighted by atomic mass is 35.5. The van der Waals surface area contributed by atoms with Crippen LogP contribution in [-0.4, -0.2) is 33.4 Å². The zero-order chi connectivity index (χ0) is 14.8. The van der Waals surface area contributed by atoms with Crippen LogP contribution in [0.1, 0.15) is 24.8 Å². The van der Waals surface area contributed by atoms with E-state index < -0.39 is 10.0 Å². The lowest BCUT2D eigenvalue weighted by Crippen LogP contribution is -2.34. The lowest BCUT2D eigenvalue weighted by Gasteiger charge is -2.30. The molecule has 4 nitrogen and oxygen atoms in total. The van der Waals surface area contributed by atoms with Crippen molar-refractivity contribution in [2.24, 2.45) is 5.92 Å². The van der Waals surface area contributed by atoms with E-state index in [-0.39, 0.29) is 10.8 Å². The maximum atomic E-state index is 12.7. The summed E-state index contributed by atoms with van der Waals surface area (Å²) in [6, 6.07) is 5.02. The molecular formula is C14H20ClNO3S. The Balaban J connectivity index is 2.31. The van der Waals surface area contributed by atoms with Gasteiger partial charge in [0, 0.05) is 19.5 Å². The summed E-state index contributed by atoms with van der Waals surface area (Å²) >= 11 is 5.79. The zero-order valence-electron chi connectivity index (χ0n) is 11.8. The summed E-state index contributed by atoms with van der Waals surface area (Å²) in [5.74, 6) is 1.12. The Labute approximate surface area is 125 Å². The third kappa shape index (κ3) is 3.10. The number of hydrogen-bond acceptors (Lipinski definition) is 3. The first-order valence-corrected chi connectivity index (χ1v) is 8.65. The minimum Gasteiger partial charge on any atom is -0.495 e. The van der Waals surface area contributed by atoms with Gasteiger partial charge in [-0.3, -0.25) is 0 Å². The standard InChI is InChI=1S/C14H20ClNO3S/c1-16(10-11-4-3-5-11)20(17,18)14-8-12(9-15)6-7-13(14)19-2/h6-8,11H,3-5,9-10H2,1-2H3. The van der Waals surface area contributed by atoms with Crippen LogP contribution in [0.5, 0.6) is 5.75 Å². The van der Waals surface area contributed by atoms with Crippen molar-refractivity contribution in [3.63, 3.8) is 0 Å². The number of methoxy groups -OCH3 is 1. The highest BCUT2D eigenvalue weighted by Crippen LogP contribution is 2.31. The molecule has 0 N–H and O–H groups in total. The molecule has 2 rings (SSSR count). The molecule has 0 unspecified atom stereocenters. The number of sulfonamides is 1. The van der Waals surface area contributed by atoms with Gasteiger partial charge in [0.25, 0.3) is 0 Å². The number of nitrogens with zero attached hydrogens (tertiary/aromatic N) is 1. The van der Waals surface area contributed by atoms with E-state index in [0.717, 1.165) is 18.4 Å². The quantitative estimate of drug-likeness (QED) is 0.758. The van der Waals surface area contributed by atoms with E-state index in [0.29, 0.717) is 18.2 Å². The summed E-state index contributed by atoms with van der Waals surface area (Å²) in [6.07, 6.45) is 3.42. The number of rotatable bonds is 6. The summed E-state index contributed by atoms with van der Waals surface area (Å²) in [4.78, 5) is 0.194. The van der Waals surface area contributed by atoms with Crippen molar-refractivity contribution >= 4 is 21.6 Å². The molecule has 0 saturated heterocycles. The first-order chi connectivity index (χ1) is 9.48. The maximum Gasteiger partial charge on any atom is 0.246 e. The molecule has 0 heterocycles. The van der Waals surface area contributed by atoms with Crippen LogP contribution in [0.25, 0.3) is 0 Å². The highest BCUT2D eigenvalue weighted by Gasteiger charge is 2.29. The van der Waals surface area contributed by atoms with Crippen molar-refractivity contribution in [3.8, 4) is 5.75 Å². The average Bonchev–Trinajstić information content (AvgIpc) is 2.41. The third-order valence-corrected chi connectivity index (χ3v) is 5.96. The van der Waals surface area contributed by atoms with Crippen LogP contribution in [0.15, 0.2) is 23.1 Å². The number of ether oxygens (including phenoxy) is 1. The van der Waals surface area contributed by atoms with Gasteiger partial charge in [-0.15, -0.1) is 11.6 Å². The molecule has 0 aliphatic heterocycles. The predicted octanol–water partition coefficient (Wildman–Crippen LogP) is 2.85. The summed E-state index contributed by atoms with van der Waals surface area (Å²) in [7, 11) is -0.438. The largest absolute Gasteiger partial charge is 0.495 e. The van der Waals surface area contributed by atoms with Gasteiger partial charge in [-0.05, 0) is 36.5 Å². The maximum absolute atomic E-state index is 12.7. The van der Waals surface area contributed by atoms with E-state index in [1.807, 2.05) is 0 Å². The molecule has 1 fully saturated rings. The lowest BCUT2D eigenvalue weighted by atomic mass is 9.86. The number of benzene rings is 1. The molecular weight excluding hydrogens is 298 g/mol. The van der Waals surface area contributed by atoms with E-state index in [2.05, 4.69) is 0 Å². The highest BCUT2D eigenvalue weighted by molar-refractivity contribution is 7.89. The molecule has 1 aromatic rings. The monoisotopic (exact) mass is 317 g/mol. The van der Waals surface area contributed by atoms with E-state index in [9.17, 15) is 8.42 Å². The van der Waals surface area contributed by atoms with Crippen LogP contribution in [0.4, 0.5) is 0 Å². The zero-order valence-corrected chi connectivity index (χ0v) is 13.4. The molecule has 0 bridgehead atoms. The Morgan fingerprint density at radius 3 is 2.60 bits per heavy atom. The van der Waals surface area contributed by atoms with Gasteiger partial charge in [-0.2, -0.15) is 0 Å². The second kappa shape index (κ2) is 6.33. The topological polar surface area (TPSA) is 46.6 Å². The molecule has 0 amide bonds. The lowest BCUT2D eigenvalue weighted by molar-refractivity contribution is 0.262. The summed E-state index contributed by atoms with van der Waals surface area (Å²) in [6.45, 7) is 0.566. The van der Waals surface area contributed by atoms with Gasteiger partial charge in [0.2, 0.25) is 10.0 Å². The minimum absolute atomic E-state index is 0.194. The molecule has 0 radical (unpaired) electrons. The van der Waals surface area contributed by atoms with Crippen molar-refractivity contribution in [1.82, 2.24) is 4.31 Å². The Hall–Kier alpha value is -0.780. The smallest absolute Gasteiger partial charge is 0.246 e. The van der Waals surface area contributed by atoms with Gasteiger partial charge < -0.3 is 4.74 Å². The fourth-order valence-corrected chi connectivity index (χ4v) is 3.93. The van der Waals surface area contributed by atoms with Gasteiger partial charge in [-0.25, -0.2) is 12.7 Å². The van der Waals surface area contributed by atoms with E-state index in [1.54, 1.807) is 25.2 Å². The van der Waals surface area contributed by atoms with Crippen molar-refractivity contribution in [3.05, 3.63) is 23.8 Å². The van der Waals surface area contributed by atoms with E-state index in [4.69, 9.17) is 16.3 Å². The van der Waals surface area contributed by atoms with Gasteiger partial charge >= 0.3 is 0 Å². The molecule has 1 aliphatic carbocycles. The second-order valence-corrected chi connectivity index (χ2v) is 7.48. The van der Waals surface area contributed by atoms with E-state index >= 15 is 0 Å². The summed E-state index contributed by atoms with van der Waals surface area (Å²) < 4.78 is 31.9. The van der Waals surface area contributed by atoms with Crippen LogP contribution >= 0.6 is 11.6 Å². The van der Waals surface area contributed by atoms with Gasteiger partial charge in [0.05, 0.1) is 7.11 Å². The molecule has 0 spiro atoms. The summed E-state index contributed by atoms with van der Waals surface area (Å²) in [5.41, 5.74) is 0.767. The molecule has 0 aromatic heterocycles. The van der Waals surface area contributed by atoms with Gasteiger partial charge in [-0.1, -0.05) is 12.5 Å². The van der Waals surface area contributed by atoms with Crippen LogP contribution < -0.4 is 4.74 Å². The first kappa shape index (κ1) is 15.6. The number of alkyl halides is 1. The number of hydrogen-bond donors (Lipinski definition) is 0. The molecule has 1 aliphatic rings. The second-order valence-electron chi connectivity index (χ2n) is 5.20. The van der Waals surface area contributed by atoms with Crippen LogP contribution in [-0.2, 0) is 15.9 Å². The fourth-order valence-electron chi connectivity index (χ4n) is 2.31. The normalized spacial score (nSPS) is 16.2. The number of halogens is 1. The Bertz CT molecular complexity index is 570. The molecule has 112 valence electrons. The first-order valence-electron chi connectivity index (χ1n) is 6.68. The predicted molar refractivity (Wildman–Crippen MR) is 79.7 cm³/mol. The molecule has 0 atom stereocenters. The van der Waals surface area contributed by atoms with Crippen molar-refractivity contribution in [2.45, 2.75) is 30.0 Å². The molecule has 1 saturated carbocycles. The third-order valence-electron chi connectivity index (χ3n) is 3.81. The van der Waals surface area contributed by atoms with E-state index in [1.165, 1.54) is 17.8 Å². The van der Waals surface area contributed by atoms with Gasteiger partial charge in [0.15, 0.2) is 0 Å². The Morgan fingerprint density at radius 2 is 2.10 bits per heavy atom. The van der Waals surface area contributed by atoms with Crippen molar-refractivity contribution in [2.75, 3.05) is 20.7 Å². The molecule has 1 aromatic carbocycles. The fraction of sp³-hybridized carbons (Fsp3) is 0.571. The van der Waals surface area contributed by atoms with Crippen molar-refractivity contribution < 1.29 is 13.2 Å². The SMILES string of the molecule is COc1ccc(CCl)cc1S(=O)(=O)N(C)CC1CCC1. The molecule has 20 heavy (non-hydrogen) atoms. The van der Waals surface area contributed by atoms with Crippen molar-refractivity contribution in [1.29, 1.82) is 0 Å².